The Morgan fingerprint density at radius 3 is 2.59 bits per heavy atom. The van der Waals surface area contributed by atoms with E-state index in [0.717, 1.165) is 35.2 Å². The van der Waals surface area contributed by atoms with Crippen LogP contribution in [0.3, 0.4) is 0 Å². The third kappa shape index (κ3) is 5.49. The van der Waals surface area contributed by atoms with E-state index in [1.54, 1.807) is 0 Å². The van der Waals surface area contributed by atoms with Crippen LogP contribution in [0.1, 0.15) is 40.0 Å². The molecular formula is C30H25N3O7S. The van der Waals surface area contributed by atoms with Crippen molar-refractivity contribution in [3.63, 3.8) is 0 Å². The highest BCUT2D eigenvalue weighted by Crippen LogP contribution is 2.38. The number of pyridine rings is 1. The van der Waals surface area contributed by atoms with Gasteiger partial charge in [0, 0.05) is 11.1 Å². The summed E-state index contributed by atoms with van der Waals surface area (Å²) in [5.41, 5.74) is 4.83. The number of fused-ring (bicyclic) bond motifs is 3. The number of hydrogen-bond donors (Lipinski definition) is 2. The van der Waals surface area contributed by atoms with Crippen LogP contribution < -0.4 is 19.9 Å². The molecule has 0 saturated heterocycles. The van der Waals surface area contributed by atoms with Crippen molar-refractivity contribution in [3.05, 3.63) is 89.1 Å². The number of primary sulfonamides is 1. The van der Waals surface area contributed by atoms with Crippen LogP contribution in [0.25, 0.3) is 22.6 Å². The lowest BCUT2D eigenvalue weighted by atomic mass is 9.86. The van der Waals surface area contributed by atoms with Gasteiger partial charge in [0.25, 0.3) is 5.91 Å². The van der Waals surface area contributed by atoms with Crippen LogP contribution in [0.5, 0.6) is 11.5 Å². The summed E-state index contributed by atoms with van der Waals surface area (Å²) < 4.78 is 39.3. The molecular weight excluding hydrogens is 546 g/mol. The summed E-state index contributed by atoms with van der Waals surface area (Å²) >= 11 is 0. The highest BCUT2D eigenvalue weighted by atomic mass is 32.2. The van der Waals surface area contributed by atoms with E-state index in [0.29, 0.717) is 40.1 Å². The van der Waals surface area contributed by atoms with E-state index in [2.05, 4.69) is 5.32 Å². The van der Waals surface area contributed by atoms with Gasteiger partial charge in [-0.05, 0) is 84.5 Å². The number of para-hydroxylation sites is 1. The van der Waals surface area contributed by atoms with E-state index < -0.39 is 28.5 Å². The van der Waals surface area contributed by atoms with Crippen molar-refractivity contribution >= 4 is 50.1 Å². The maximum Gasteiger partial charge on any atom is 0.339 e. The fourth-order valence-corrected chi connectivity index (χ4v) is 5.56. The standard InChI is InChI=1S/C30H25N3O7S/c31-41(36,37)21-11-9-20(10-12-21)32-27(34)16-38-30(35)28-22-5-1-2-7-24(22)33-29-19(4-3-6-23(28)29)14-18-8-13-25-26(15-18)40-17-39-25/h1-2,5,7-15H,3-4,6,16-17H2,(H,32,34)(H2,31,36,37). The Bertz CT molecular complexity index is 1830. The maximum atomic E-state index is 13.5. The van der Waals surface area contributed by atoms with Gasteiger partial charge in [-0.1, -0.05) is 24.3 Å². The zero-order chi connectivity index (χ0) is 28.6. The summed E-state index contributed by atoms with van der Waals surface area (Å²) in [7, 11) is -3.85. The van der Waals surface area contributed by atoms with Crippen LogP contribution in [0, 0.1) is 0 Å². The number of hydrogen-bond acceptors (Lipinski definition) is 8. The molecule has 0 spiro atoms. The van der Waals surface area contributed by atoms with E-state index in [-0.39, 0.29) is 11.7 Å². The molecule has 3 aromatic carbocycles. The predicted octanol–water partition coefficient (Wildman–Crippen LogP) is 4.28. The van der Waals surface area contributed by atoms with Gasteiger partial charge >= 0.3 is 5.97 Å². The average Bonchev–Trinajstić information content (AvgIpc) is 3.43. The smallest absolute Gasteiger partial charge is 0.339 e. The molecule has 4 aromatic rings. The lowest BCUT2D eigenvalue weighted by Gasteiger charge is -2.22. The van der Waals surface area contributed by atoms with E-state index in [9.17, 15) is 18.0 Å². The van der Waals surface area contributed by atoms with Crippen molar-refractivity contribution < 1.29 is 32.2 Å². The molecule has 0 radical (unpaired) electrons. The third-order valence-corrected chi connectivity index (χ3v) is 7.84. The van der Waals surface area contributed by atoms with Gasteiger partial charge in [-0.2, -0.15) is 0 Å². The van der Waals surface area contributed by atoms with Gasteiger partial charge in [-0.25, -0.2) is 23.3 Å². The highest BCUT2D eigenvalue weighted by Gasteiger charge is 2.26. The molecule has 0 saturated carbocycles. The summed E-state index contributed by atoms with van der Waals surface area (Å²) in [5, 5.41) is 8.35. The zero-order valence-electron chi connectivity index (χ0n) is 21.8. The average molecular weight is 572 g/mol. The molecule has 0 fully saturated rings. The molecule has 41 heavy (non-hydrogen) atoms. The Morgan fingerprint density at radius 2 is 1.78 bits per heavy atom. The van der Waals surface area contributed by atoms with Crippen molar-refractivity contribution in [2.75, 3.05) is 18.7 Å². The van der Waals surface area contributed by atoms with Crippen LogP contribution in [0.4, 0.5) is 5.69 Å². The lowest BCUT2D eigenvalue weighted by Crippen LogP contribution is -2.22. The topological polar surface area (TPSA) is 147 Å². The molecule has 0 unspecified atom stereocenters. The number of nitrogens with two attached hydrogens (primary N) is 1. The summed E-state index contributed by atoms with van der Waals surface area (Å²) in [4.78, 5) is 30.9. The number of nitrogens with one attached hydrogen (secondary N) is 1. The van der Waals surface area contributed by atoms with Crippen molar-refractivity contribution in [2.24, 2.45) is 5.14 Å². The monoisotopic (exact) mass is 571 g/mol. The van der Waals surface area contributed by atoms with Crippen LogP contribution in [0.15, 0.2) is 71.6 Å². The van der Waals surface area contributed by atoms with Crippen molar-refractivity contribution in [3.8, 4) is 11.5 Å². The molecule has 2 heterocycles. The maximum absolute atomic E-state index is 13.5. The first-order valence-corrected chi connectivity index (χ1v) is 14.4. The van der Waals surface area contributed by atoms with Gasteiger partial charge < -0.3 is 19.5 Å². The fourth-order valence-electron chi connectivity index (χ4n) is 5.04. The minimum atomic E-state index is -3.85. The molecule has 3 N–H and O–H groups in total. The number of nitrogens with zero attached hydrogens (tertiary/aromatic N) is 1. The molecule has 1 aliphatic carbocycles. The number of ether oxygens (including phenoxy) is 3. The van der Waals surface area contributed by atoms with Gasteiger partial charge in [0.15, 0.2) is 18.1 Å². The molecule has 208 valence electrons. The van der Waals surface area contributed by atoms with Gasteiger partial charge in [-0.15, -0.1) is 0 Å². The number of carbonyl (C=O) groups is 2. The lowest BCUT2D eigenvalue weighted by molar-refractivity contribution is -0.119. The van der Waals surface area contributed by atoms with Gasteiger partial charge in [0.2, 0.25) is 16.8 Å². The molecule has 11 heteroatoms. The highest BCUT2D eigenvalue weighted by molar-refractivity contribution is 7.89. The minimum Gasteiger partial charge on any atom is -0.454 e. The molecule has 1 amide bonds. The predicted molar refractivity (Wildman–Crippen MR) is 152 cm³/mol. The van der Waals surface area contributed by atoms with E-state index in [1.807, 2.05) is 48.5 Å². The summed E-state index contributed by atoms with van der Waals surface area (Å²) in [6.45, 7) is -0.332. The van der Waals surface area contributed by atoms with Crippen LogP contribution in [-0.4, -0.2) is 38.7 Å². The summed E-state index contributed by atoms with van der Waals surface area (Å²) in [5.74, 6) is 0.195. The van der Waals surface area contributed by atoms with Gasteiger partial charge in [0.05, 0.1) is 21.7 Å². The van der Waals surface area contributed by atoms with Crippen LogP contribution >= 0.6 is 0 Å². The van der Waals surface area contributed by atoms with E-state index in [4.69, 9.17) is 24.3 Å². The number of anilines is 1. The number of allylic oxidation sites excluding steroid dienone is 1. The Labute approximate surface area is 235 Å². The quantitative estimate of drug-likeness (QED) is 0.326. The number of sulfonamides is 1. The van der Waals surface area contributed by atoms with Crippen LogP contribution in [-0.2, 0) is 26.0 Å². The fraction of sp³-hybridized carbons (Fsp3) is 0.167. The first-order valence-electron chi connectivity index (χ1n) is 12.9. The number of benzene rings is 3. The first-order chi connectivity index (χ1) is 19.8. The normalized spacial score (nSPS) is 15.0. The number of carbonyl (C=O) groups excluding carboxylic acids is 2. The second kappa shape index (κ2) is 10.7. The summed E-state index contributed by atoms with van der Waals surface area (Å²) in [6.07, 6.45) is 4.29. The molecule has 10 nitrogen and oxygen atoms in total. The first kappa shape index (κ1) is 26.5. The second-order valence-electron chi connectivity index (χ2n) is 9.66. The number of aromatic nitrogens is 1. The van der Waals surface area contributed by atoms with Crippen molar-refractivity contribution in [1.29, 1.82) is 0 Å². The molecule has 1 aromatic heterocycles. The third-order valence-electron chi connectivity index (χ3n) is 6.91. The number of amides is 1. The molecule has 0 bridgehead atoms. The van der Waals surface area contributed by atoms with Crippen molar-refractivity contribution in [1.82, 2.24) is 4.98 Å². The van der Waals surface area contributed by atoms with E-state index in [1.165, 1.54) is 24.3 Å². The van der Waals surface area contributed by atoms with Gasteiger partial charge in [-0.3, -0.25) is 4.79 Å². The Balaban J connectivity index is 1.26. The molecule has 6 rings (SSSR count). The zero-order valence-corrected chi connectivity index (χ0v) is 22.6. The van der Waals surface area contributed by atoms with E-state index >= 15 is 0 Å². The van der Waals surface area contributed by atoms with Crippen LogP contribution in [0.2, 0.25) is 0 Å². The molecule has 0 atom stereocenters. The largest absolute Gasteiger partial charge is 0.454 e. The summed E-state index contributed by atoms with van der Waals surface area (Å²) in [6, 6.07) is 18.5. The molecule has 1 aliphatic heterocycles. The molecule has 2 aliphatic rings. The van der Waals surface area contributed by atoms with Gasteiger partial charge in [0.1, 0.15) is 0 Å². The Morgan fingerprint density at radius 1 is 1.00 bits per heavy atom. The minimum absolute atomic E-state index is 0.0804. The SMILES string of the molecule is NS(=O)(=O)c1ccc(NC(=O)COC(=O)c2c3c(nc4ccccc24)C(=Cc2ccc4c(c2)OCO4)CCC3)cc1. The number of esters is 1. The number of rotatable bonds is 6. The second-order valence-corrected chi connectivity index (χ2v) is 11.2. The Kier molecular flexibility index (Phi) is 6.90. The Hall–Kier alpha value is -4.74. The van der Waals surface area contributed by atoms with Crippen molar-refractivity contribution in [2.45, 2.75) is 24.2 Å².